The molecule has 2 atom stereocenters. The molecule has 0 aromatic heterocycles. The van der Waals surface area contributed by atoms with Gasteiger partial charge in [0, 0.05) is 6.04 Å². The summed E-state index contributed by atoms with van der Waals surface area (Å²) in [7, 11) is 0. The van der Waals surface area contributed by atoms with Gasteiger partial charge in [-0.2, -0.15) is 0 Å². The molecule has 2 fully saturated rings. The number of carbonyl (C=O) groups is 2. The zero-order valence-corrected chi connectivity index (χ0v) is 30.7. The van der Waals surface area contributed by atoms with Crippen LogP contribution in [0.15, 0.2) is 109 Å². The Morgan fingerprint density at radius 3 is 1.53 bits per heavy atom. The lowest BCUT2D eigenvalue weighted by Crippen LogP contribution is -2.31. The molecule has 51 heavy (non-hydrogen) atoms. The van der Waals surface area contributed by atoms with E-state index in [4.69, 9.17) is 10.5 Å². The second-order valence-corrected chi connectivity index (χ2v) is 16.0. The van der Waals surface area contributed by atoms with Crippen LogP contribution in [0, 0.1) is 16.7 Å². The van der Waals surface area contributed by atoms with E-state index in [0.29, 0.717) is 12.7 Å². The van der Waals surface area contributed by atoms with Gasteiger partial charge in [-0.15, -0.1) is 0 Å². The minimum atomic E-state index is -0.692. The van der Waals surface area contributed by atoms with Crippen molar-refractivity contribution in [3.05, 3.63) is 120 Å². The zero-order valence-electron chi connectivity index (χ0n) is 30.7. The quantitative estimate of drug-likeness (QED) is 0.0901. The molecule has 0 heterocycles. The molecule has 0 unspecified atom stereocenters. The number of hydrogen-bond donors (Lipinski definition) is 3. The van der Waals surface area contributed by atoms with Crippen molar-refractivity contribution in [1.82, 2.24) is 0 Å². The van der Waals surface area contributed by atoms with Crippen molar-refractivity contribution in [2.45, 2.75) is 96.9 Å². The second kappa shape index (κ2) is 16.4. The van der Waals surface area contributed by atoms with Crippen LogP contribution in [0.25, 0.3) is 22.3 Å². The summed E-state index contributed by atoms with van der Waals surface area (Å²) in [6.45, 7) is 7.21. The number of benzene rings is 4. The van der Waals surface area contributed by atoms with Crippen molar-refractivity contribution in [3.8, 4) is 22.3 Å². The largest absolute Gasteiger partial charge is 0.481 e. The summed E-state index contributed by atoms with van der Waals surface area (Å²) in [5, 5.41) is 19.2. The van der Waals surface area contributed by atoms with Crippen LogP contribution in [-0.4, -0.2) is 40.6 Å². The highest BCUT2D eigenvalue weighted by molar-refractivity contribution is 6.48. The van der Waals surface area contributed by atoms with Crippen molar-refractivity contribution < 1.29 is 24.5 Å². The molecule has 6 rings (SSSR count). The van der Waals surface area contributed by atoms with Gasteiger partial charge in [0.15, 0.2) is 0 Å². The molecule has 0 radical (unpaired) electrons. The van der Waals surface area contributed by atoms with Gasteiger partial charge in [0.2, 0.25) is 0 Å². The predicted molar refractivity (Wildman–Crippen MR) is 207 cm³/mol. The number of carboxylic acids is 1. The van der Waals surface area contributed by atoms with E-state index in [1.54, 1.807) is 0 Å². The van der Waals surface area contributed by atoms with Gasteiger partial charge in [-0.25, -0.2) is 0 Å². The monoisotopic (exact) mass is 687 g/mol. The van der Waals surface area contributed by atoms with E-state index >= 15 is 0 Å². The standard InChI is InChI=1S/C25H33BO3.C19H21NO2/c1-24(2,3)29-23(27)25(14-15-25)17-20(18-26(4)28)16-19-10-12-22(13-11-19)21-8-6-5-7-9-21;20-17(13-19(10-11-19)18(21)22)12-14-6-8-16(9-7-14)15-4-2-1-3-5-15/h5-13,20,28H,14-18H2,1-4H3;1-9,17H,10-13,20H2,(H,21,22)/t20-;17-/m11/s1. The van der Waals surface area contributed by atoms with Crippen molar-refractivity contribution in [3.63, 3.8) is 0 Å². The van der Waals surface area contributed by atoms with Crippen LogP contribution in [-0.2, 0) is 27.2 Å². The summed E-state index contributed by atoms with van der Waals surface area (Å²) in [6.07, 6.45) is 6.97. The Hall–Kier alpha value is -4.20. The summed E-state index contributed by atoms with van der Waals surface area (Å²) < 4.78 is 5.68. The molecular formula is C44H54BNO5. The molecule has 0 aliphatic heterocycles. The predicted octanol–water partition coefficient (Wildman–Crippen LogP) is 9.12. The number of hydrogen-bond acceptors (Lipinski definition) is 5. The molecule has 6 nitrogen and oxygen atoms in total. The maximum atomic E-state index is 12.7. The van der Waals surface area contributed by atoms with Crippen molar-refractivity contribution in [2.75, 3.05) is 0 Å². The molecule has 7 heteroatoms. The van der Waals surface area contributed by atoms with E-state index in [2.05, 4.69) is 72.8 Å². The van der Waals surface area contributed by atoms with E-state index in [0.717, 1.165) is 50.5 Å². The summed E-state index contributed by atoms with van der Waals surface area (Å²) in [5.41, 5.74) is 12.0. The average Bonchev–Trinajstić information content (AvgIpc) is 4.03. The summed E-state index contributed by atoms with van der Waals surface area (Å²) in [5.74, 6) is -0.505. The van der Waals surface area contributed by atoms with Crippen LogP contribution >= 0.6 is 0 Å². The number of ether oxygens (including phenoxy) is 1. The fourth-order valence-electron chi connectivity index (χ4n) is 7.10. The topological polar surface area (TPSA) is 110 Å². The lowest BCUT2D eigenvalue weighted by molar-refractivity contribution is -0.162. The van der Waals surface area contributed by atoms with E-state index in [-0.39, 0.29) is 30.3 Å². The van der Waals surface area contributed by atoms with Gasteiger partial charge in [-0.05, 0) is 118 Å². The summed E-state index contributed by atoms with van der Waals surface area (Å²) >= 11 is 0. The van der Waals surface area contributed by atoms with Crippen LogP contribution in [0.1, 0.15) is 70.4 Å². The Kier molecular flexibility index (Phi) is 12.3. The van der Waals surface area contributed by atoms with Crippen LogP contribution in [0.3, 0.4) is 0 Å². The minimum Gasteiger partial charge on any atom is -0.481 e. The maximum Gasteiger partial charge on any atom is 0.312 e. The minimum absolute atomic E-state index is 0.0694. The number of nitrogens with two attached hydrogens (primary N) is 1. The average molecular weight is 688 g/mol. The fourth-order valence-corrected chi connectivity index (χ4v) is 7.10. The first-order valence-electron chi connectivity index (χ1n) is 18.5. The normalized spacial score (nSPS) is 16.5. The summed E-state index contributed by atoms with van der Waals surface area (Å²) in [4.78, 5) is 24.0. The van der Waals surface area contributed by atoms with Gasteiger partial charge >= 0.3 is 11.9 Å². The van der Waals surface area contributed by atoms with E-state index < -0.39 is 17.0 Å². The molecule has 0 spiro atoms. The third-order valence-corrected chi connectivity index (χ3v) is 10.1. The SMILES string of the molecule is CB(O)C[C@H](Cc1ccc(-c2ccccc2)cc1)CC1(C(=O)OC(C)(C)C)CC1.N[C@H](Cc1ccc(-c2ccccc2)cc1)CC1(C(=O)O)CC1. The van der Waals surface area contributed by atoms with Gasteiger partial charge in [0.25, 0.3) is 6.92 Å². The Bertz CT molecular complexity index is 1710. The molecule has 2 saturated carbocycles. The van der Waals surface area contributed by atoms with Crippen molar-refractivity contribution in [1.29, 1.82) is 0 Å². The Morgan fingerprint density at radius 2 is 1.14 bits per heavy atom. The van der Waals surface area contributed by atoms with Crippen LogP contribution in [0.5, 0.6) is 0 Å². The van der Waals surface area contributed by atoms with Crippen LogP contribution < -0.4 is 5.73 Å². The first-order valence-corrected chi connectivity index (χ1v) is 18.5. The van der Waals surface area contributed by atoms with Gasteiger partial charge in [-0.1, -0.05) is 116 Å². The van der Waals surface area contributed by atoms with Crippen LogP contribution in [0.4, 0.5) is 0 Å². The van der Waals surface area contributed by atoms with E-state index in [1.165, 1.54) is 27.8 Å². The molecule has 0 bridgehead atoms. The lowest BCUT2D eigenvalue weighted by atomic mass is 9.61. The van der Waals surface area contributed by atoms with Gasteiger partial charge < -0.3 is 20.6 Å². The summed E-state index contributed by atoms with van der Waals surface area (Å²) in [6, 6.07) is 37.5. The molecule has 4 aromatic carbocycles. The second-order valence-electron chi connectivity index (χ2n) is 16.0. The number of aliphatic carboxylic acids is 1. The number of carbonyl (C=O) groups excluding carboxylic acids is 1. The molecule has 268 valence electrons. The zero-order chi connectivity index (χ0) is 36.6. The number of esters is 1. The van der Waals surface area contributed by atoms with Gasteiger partial charge in [-0.3, -0.25) is 9.59 Å². The Balaban J connectivity index is 0.000000205. The smallest absolute Gasteiger partial charge is 0.312 e. The first kappa shape index (κ1) is 38.0. The molecule has 0 amide bonds. The molecule has 4 aromatic rings. The third-order valence-electron chi connectivity index (χ3n) is 10.1. The lowest BCUT2D eigenvalue weighted by Gasteiger charge is -2.27. The highest BCUT2D eigenvalue weighted by atomic mass is 16.6. The van der Waals surface area contributed by atoms with Crippen molar-refractivity contribution in [2.24, 2.45) is 22.5 Å². The molecule has 4 N–H and O–H groups in total. The highest BCUT2D eigenvalue weighted by Crippen LogP contribution is 2.53. The molecule has 2 aliphatic carbocycles. The van der Waals surface area contributed by atoms with Crippen molar-refractivity contribution >= 4 is 18.9 Å². The van der Waals surface area contributed by atoms with Gasteiger partial charge in [0.1, 0.15) is 5.60 Å². The first-order chi connectivity index (χ1) is 24.3. The van der Waals surface area contributed by atoms with Gasteiger partial charge in [0.05, 0.1) is 10.8 Å². The maximum absolute atomic E-state index is 12.7. The highest BCUT2D eigenvalue weighted by Gasteiger charge is 2.53. The molecular weight excluding hydrogens is 633 g/mol. The van der Waals surface area contributed by atoms with Crippen LogP contribution in [0.2, 0.25) is 13.1 Å². The van der Waals surface area contributed by atoms with E-state index in [1.807, 2.05) is 64.0 Å². The third kappa shape index (κ3) is 11.1. The number of rotatable bonds is 14. The fraction of sp³-hybridized carbons (Fsp3) is 0.409. The molecule has 0 saturated heterocycles. The van der Waals surface area contributed by atoms with E-state index in [9.17, 15) is 19.7 Å². The number of carboxylic acid groups (broad SMARTS) is 1. The Labute approximate surface area is 304 Å². The Morgan fingerprint density at radius 1 is 0.706 bits per heavy atom. The molecule has 2 aliphatic rings.